The van der Waals surface area contributed by atoms with Gasteiger partial charge in [-0.3, -0.25) is 4.90 Å². The van der Waals surface area contributed by atoms with Gasteiger partial charge in [-0.25, -0.2) is 4.39 Å². The zero-order valence-electron chi connectivity index (χ0n) is 14.4. The highest BCUT2D eigenvalue weighted by Gasteiger charge is 2.09. The molecule has 25 heavy (non-hydrogen) atoms. The third-order valence-electron chi connectivity index (χ3n) is 3.87. The lowest BCUT2D eigenvalue weighted by atomic mass is 10.1. The number of rotatable bonds is 7. The molecule has 0 atom stereocenters. The van der Waals surface area contributed by atoms with E-state index in [1.54, 1.807) is 12.1 Å². The molecule has 0 spiro atoms. The molecule has 0 saturated heterocycles. The number of nitrogens with zero attached hydrogens (tertiary/aromatic N) is 2. The van der Waals surface area contributed by atoms with Gasteiger partial charge in [0, 0.05) is 24.2 Å². The van der Waals surface area contributed by atoms with Crippen LogP contribution in [0.1, 0.15) is 11.3 Å². The van der Waals surface area contributed by atoms with Crippen LogP contribution in [0.5, 0.6) is 5.75 Å². The highest BCUT2D eigenvalue weighted by molar-refractivity contribution is 5.59. The number of aromatic nitrogens is 1. The van der Waals surface area contributed by atoms with Crippen molar-refractivity contribution in [1.82, 2.24) is 10.1 Å². The number of aryl methyl sites for hydroxylation is 1. The average molecular weight is 340 g/mol. The summed E-state index contributed by atoms with van der Waals surface area (Å²) in [6.45, 7) is 3.85. The van der Waals surface area contributed by atoms with Gasteiger partial charge in [0.05, 0.1) is 6.54 Å². The summed E-state index contributed by atoms with van der Waals surface area (Å²) < 4.78 is 24.1. The molecule has 0 fully saturated rings. The van der Waals surface area contributed by atoms with Crippen LogP contribution in [0.25, 0.3) is 11.3 Å². The Labute approximate surface area is 146 Å². The van der Waals surface area contributed by atoms with Gasteiger partial charge in [-0.1, -0.05) is 41.1 Å². The largest absolute Gasteiger partial charge is 0.492 e. The van der Waals surface area contributed by atoms with Crippen LogP contribution in [0.2, 0.25) is 0 Å². The molecule has 4 nitrogen and oxygen atoms in total. The van der Waals surface area contributed by atoms with Crippen molar-refractivity contribution in [2.75, 3.05) is 20.2 Å². The lowest BCUT2D eigenvalue weighted by Gasteiger charge is -2.15. The Kier molecular flexibility index (Phi) is 5.46. The molecule has 0 radical (unpaired) electrons. The van der Waals surface area contributed by atoms with Crippen LogP contribution in [-0.2, 0) is 6.54 Å². The van der Waals surface area contributed by atoms with Gasteiger partial charge in [-0.2, -0.15) is 0 Å². The zero-order chi connectivity index (χ0) is 17.6. The fourth-order valence-corrected chi connectivity index (χ4v) is 2.47. The van der Waals surface area contributed by atoms with Crippen LogP contribution in [0.4, 0.5) is 4.39 Å². The van der Waals surface area contributed by atoms with Crippen LogP contribution in [0, 0.1) is 12.7 Å². The van der Waals surface area contributed by atoms with Gasteiger partial charge in [0.25, 0.3) is 0 Å². The van der Waals surface area contributed by atoms with E-state index < -0.39 is 0 Å². The number of benzene rings is 2. The second-order valence-corrected chi connectivity index (χ2v) is 6.09. The molecule has 5 heteroatoms. The molecule has 1 heterocycles. The fourth-order valence-electron chi connectivity index (χ4n) is 2.47. The first-order valence-corrected chi connectivity index (χ1v) is 8.20. The smallest absolute Gasteiger partial charge is 0.151 e. The first-order valence-electron chi connectivity index (χ1n) is 8.20. The Morgan fingerprint density at radius 2 is 1.92 bits per heavy atom. The second kappa shape index (κ2) is 7.94. The number of likely N-dealkylation sites (N-methyl/N-ethyl adjacent to an activating group) is 1. The van der Waals surface area contributed by atoms with Crippen molar-refractivity contribution in [3.05, 3.63) is 71.7 Å². The second-order valence-electron chi connectivity index (χ2n) is 6.09. The predicted molar refractivity (Wildman–Crippen MR) is 94.9 cm³/mol. The molecule has 0 aliphatic rings. The molecule has 0 aliphatic heterocycles. The summed E-state index contributed by atoms with van der Waals surface area (Å²) in [4.78, 5) is 2.07. The molecule has 130 valence electrons. The van der Waals surface area contributed by atoms with E-state index in [0.29, 0.717) is 25.4 Å². The number of ether oxygens (including phenoxy) is 1. The Morgan fingerprint density at radius 3 is 2.68 bits per heavy atom. The third kappa shape index (κ3) is 4.90. The van der Waals surface area contributed by atoms with E-state index in [0.717, 1.165) is 17.0 Å². The van der Waals surface area contributed by atoms with E-state index in [1.165, 1.54) is 17.7 Å². The summed E-state index contributed by atoms with van der Waals surface area (Å²) in [7, 11) is 1.98. The molecule has 3 rings (SSSR count). The Bertz CT molecular complexity index is 815. The minimum Gasteiger partial charge on any atom is -0.492 e. The maximum Gasteiger partial charge on any atom is 0.151 e. The number of halogens is 1. The number of hydrogen-bond acceptors (Lipinski definition) is 4. The van der Waals surface area contributed by atoms with E-state index in [4.69, 9.17) is 9.26 Å². The quantitative estimate of drug-likeness (QED) is 0.643. The monoisotopic (exact) mass is 340 g/mol. The van der Waals surface area contributed by atoms with Gasteiger partial charge in [-0.05, 0) is 26.1 Å². The normalized spacial score (nSPS) is 11.0. The van der Waals surface area contributed by atoms with Crippen LogP contribution in [0.15, 0.2) is 59.1 Å². The van der Waals surface area contributed by atoms with E-state index in [1.807, 2.05) is 25.2 Å². The Balaban J connectivity index is 1.49. The van der Waals surface area contributed by atoms with Crippen molar-refractivity contribution in [1.29, 1.82) is 0 Å². The van der Waals surface area contributed by atoms with Gasteiger partial charge in [0.15, 0.2) is 5.76 Å². The van der Waals surface area contributed by atoms with Crippen molar-refractivity contribution < 1.29 is 13.7 Å². The SMILES string of the molecule is Cc1ccc(-c2cc(CN(C)CCOc3cccc(F)c3)on2)cc1. The molecule has 3 aromatic rings. The first-order chi connectivity index (χ1) is 12.1. The molecular weight excluding hydrogens is 319 g/mol. The van der Waals surface area contributed by atoms with E-state index in [9.17, 15) is 4.39 Å². The van der Waals surface area contributed by atoms with Crippen LogP contribution in [0.3, 0.4) is 0 Å². The Hall–Kier alpha value is -2.66. The average Bonchev–Trinajstić information content (AvgIpc) is 3.04. The third-order valence-corrected chi connectivity index (χ3v) is 3.87. The van der Waals surface area contributed by atoms with Gasteiger partial charge in [-0.15, -0.1) is 0 Å². The van der Waals surface area contributed by atoms with Crippen LogP contribution >= 0.6 is 0 Å². The molecular formula is C20H21FN2O2. The highest BCUT2D eigenvalue weighted by atomic mass is 19.1. The lowest BCUT2D eigenvalue weighted by Crippen LogP contribution is -2.23. The van der Waals surface area contributed by atoms with Gasteiger partial charge < -0.3 is 9.26 Å². The zero-order valence-corrected chi connectivity index (χ0v) is 14.4. The maximum atomic E-state index is 13.1. The summed E-state index contributed by atoms with van der Waals surface area (Å²) in [6, 6.07) is 16.3. The van der Waals surface area contributed by atoms with Crippen molar-refractivity contribution >= 4 is 0 Å². The molecule has 0 saturated carbocycles. The molecule has 0 aliphatic carbocycles. The Morgan fingerprint density at radius 1 is 1.12 bits per heavy atom. The maximum absolute atomic E-state index is 13.1. The summed E-state index contributed by atoms with van der Waals surface area (Å²) in [5.41, 5.74) is 3.09. The van der Waals surface area contributed by atoms with E-state index in [2.05, 4.69) is 29.1 Å². The topological polar surface area (TPSA) is 38.5 Å². The fraction of sp³-hybridized carbons (Fsp3) is 0.250. The molecule has 1 aromatic heterocycles. The summed E-state index contributed by atoms with van der Waals surface area (Å²) in [5, 5.41) is 4.13. The summed E-state index contributed by atoms with van der Waals surface area (Å²) in [5.74, 6) is 1.04. The summed E-state index contributed by atoms with van der Waals surface area (Å²) >= 11 is 0. The standard InChI is InChI=1S/C20H21FN2O2/c1-15-6-8-16(9-7-15)20-13-19(25-22-20)14-23(2)10-11-24-18-5-3-4-17(21)12-18/h3-9,12-13H,10-11,14H2,1-2H3. The van der Waals surface area contributed by atoms with Gasteiger partial charge in [0.1, 0.15) is 23.9 Å². The van der Waals surface area contributed by atoms with Crippen LogP contribution < -0.4 is 4.74 Å². The first kappa shape index (κ1) is 17.2. The van der Waals surface area contributed by atoms with E-state index >= 15 is 0 Å². The summed E-state index contributed by atoms with van der Waals surface area (Å²) in [6.07, 6.45) is 0. The van der Waals surface area contributed by atoms with E-state index in [-0.39, 0.29) is 5.82 Å². The van der Waals surface area contributed by atoms with Gasteiger partial charge in [0.2, 0.25) is 0 Å². The minimum atomic E-state index is -0.295. The minimum absolute atomic E-state index is 0.295. The van der Waals surface area contributed by atoms with Crippen molar-refractivity contribution in [3.8, 4) is 17.0 Å². The van der Waals surface area contributed by atoms with Crippen molar-refractivity contribution in [3.63, 3.8) is 0 Å². The van der Waals surface area contributed by atoms with Crippen LogP contribution in [-0.4, -0.2) is 30.3 Å². The predicted octanol–water partition coefficient (Wildman–Crippen LogP) is 4.30. The molecule has 0 N–H and O–H groups in total. The highest BCUT2D eigenvalue weighted by Crippen LogP contribution is 2.20. The lowest BCUT2D eigenvalue weighted by molar-refractivity contribution is 0.215. The van der Waals surface area contributed by atoms with Crippen molar-refractivity contribution in [2.45, 2.75) is 13.5 Å². The van der Waals surface area contributed by atoms with Crippen molar-refractivity contribution in [2.24, 2.45) is 0 Å². The molecule has 0 unspecified atom stereocenters. The molecule has 0 bridgehead atoms. The molecule has 0 amide bonds. The number of hydrogen-bond donors (Lipinski definition) is 0. The van der Waals surface area contributed by atoms with Gasteiger partial charge >= 0.3 is 0 Å². The molecule has 2 aromatic carbocycles.